The fraction of sp³-hybridized carbons (Fsp3) is 0.385. The standard InChI is InChI=1S/C26H29N5O2/c1-5-21(16-31(3)4)33-22-11-10-20(28-14-22)9-8-19-13-27-17(2)24-15-29-25(12-23(19)24)30-26(32)18-6-7-18/h10-15,18,21H,5-7,16H2,1-4H3,(H,29,30,32). The molecule has 0 bridgehead atoms. The molecule has 0 spiro atoms. The molecular weight excluding hydrogens is 414 g/mol. The van der Waals surface area contributed by atoms with Gasteiger partial charge in [-0.1, -0.05) is 12.8 Å². The number of anilines is 1. The van der Waals surface area contributed by atoms with Crippen LogP contribution in [-0.2, 0) is 4.79 Å². The number of fused-ring (bicyclic) bond motifs is 1. The number of nitrogens with zero attached hydrogens (tertiary/aromatic N) is 4. The first-order valence-corrected chi connectivity index (χ1v) is 11.3. The van der Waals surface area contributed by atoms with Crippen molar-refractivity contribution in [2.24, 2.45) is 5.92 Å². The van der Waals surface area contributed by atoms with Crippen molar-refractivity contribution in [3.05, 3.63) is 53.7 Å². The van der Waals surface area contributed by atoms with Crippen LogP contribution in [0.15, 0.2) is 36.8 Å². The summed E-state index contributed by atoms with van der Waals surface area (Å²) in [6.45, 7) is 4.90. The Hall–Kier alpha value is -3.50. The van der Waals surface area contributed by atoms with E-state index in [0.29, 0.717) is 11.5 Å². The number of hydrogen-bond donors (Lipinski definition) is 1. The van der Waals surface area contributed by atoms with E-state index in [1.165, 1.54) is 0 Å². The number of amides is 1. The monoisotopic (exact) mass is 443 g/mol. The van der Waals surface area contributed by atoms with Crippen LogP contribution in [0.5, 0.6) is 5.75 Å². The molecule has 170 valence electrons. The molecule has 1 amide bonds. The molecule has 1 saturated carbocycles. The van der Waals surface area contributed by atoms with Crippen molar-refractivity contribution >= 4 is 22.5 Å². The van der Waals surface area contributed by atoms with Crippen LogP contribution in [-0.4, -0.2) is 52.5 Å². The van der Waals surface area contributed by atoms with Crippen molar-refractivity contribution in [1.82, 2.24) is 19.9 Å². The van der Waals surface area contributed by atoms with Crippen LogP contribution in [0, 0.1) is 24.7 Å². The van der Waals surface area contributed by atoms with Crippen molar-refractivity contribution in [2.45, 2.75) is 39.2 Å². The Morgan fingerprint density at radius 2 is 1.97 bits per heavy atom. The van der Waals surface area contributed by atoms with Gasteiger partial charge in [0, 0.05) is 41.3 Å². The summed E-state index contributed by atoms with van der Waals surface area (Å²) in [7, 11) is 4.07. The minimum absolute atomic E-state index is 0.0302. The van der Waals surface area contributed by atoms with Crippen molar-refractivity contribution in [3.63, 3.8) is 0 Å². The lowest BCUT2D eigenvalue weighted by atomic mass is 10.1. The number of ether oxygens (including phenoxy) is 1. The third kappa shape index (κ3) is 5.85. The summed E-state index contributed by atoms with van der Waals surface area (Å²) in [5.74, 6) is 7.72. The number of hydrogen-bond acceptors (Lipinski definition) is 6. The van der Waals surface area contributed by atoms with Crippen LogP contribution in [0.4, 0.5) is 5.82 Å². The molecule has 3 heterocycles. The van der Waals surface area contributed by atoms with Crippen LogP contribution >= 0.6 is 0 Å². The lowest BCUT2D eigenvalue weighted by Gasteiger charge is -2.20. The van der Waals surface area contributed by atoms with Crippen molar-refractivity contribution in [2.75, 3.05) is 26.0 Å². The van der Waals surface area contributed by atoms with E-state index in [0.717, 1.165) is 53.6 Å². The molecule has 7 nitrogen and oxygen atoms in total. The minimum Gasteiger partial charge on any atom is -0.487 e. The van der Waals surface area contributed by atoms with Gasteiger partial charge in [-0.25, -0.2) is 9.97 Å². The number of aromatic nitrogens is 3. The van der Waals surface area contributed by atoms with Crippen molar-refractivity contribution < 1.29 is 9.53 Å². The maximum Gasteiger partial charge on any atom is 0.228 e. The molecule has 1 N–H and O–H groups in total. The van der Waals surface area contributed by atoms with E-state index in [1.54, 1.807) is 18.6 Å². The highest BCUT2D eigenvalue weighted by molar-refractivity contribution is 5.96. The maximum atomic E-state index is 12.1. The van der Waals surface area contributed by atoms with Gasteiger partial charge in [0.05, 0.1) is 11.8 Å². The van der Waals surface area contributed by atoms with Gasteiger partial charge in [-0.15, -0.1) is 0 Å². The second kappa shape index (κ2) is 9.97. The first-order valence-electron chi connectivity index (χ1n) is 11.3. The summed E-state index contributed by atoms with van der Waals surface area (Å²) in [6, 6.07) is 5.63. The number of pyridine rings is 3. The summed E-state index contributed by atoms with van der Waals surface area (Å²) >= 11 is 0. The summed E-state index contributed by atoms with van der Waals surface area (Å²) < 4.78 is 6.03. The van der Waals surface area contributed by atoms with Gasteiger partial charge in [0.15, 0.2) is 0 Å². The topological polar surface area (TPSA) is 80.2 Å². The predicted octanol–water partition coefficient (Wildman–Crippen LogP) is 3.80. The van der Waals surface area contributed by atoms with Crippen LogP contribution in [0.25, 0.3) is 10.8 Å². The van der Waals surface area contributed by atoms with E-state index in [4.69, 9.17) is 4.74 Å². The number of carbonyl (C=O) groups excluding carboxylic acids is 1. The van der Waals surface area contributed by atoms with E-state index in [9.17, 15) is 4.79 Å². The predicted molar refractivity (Wildman–Crippen MR) is 129 cm³/mol. The first kappa shape index (κ1) is 22.7. The first-order chi connectivity index (χ1) is 15.9. The Morgan fingerprint density at radius 1 is 1.15 bits per heavy atom. The summed E-state index contributed by atoms with van der Waals surface area (Å²) in [6.07, 6.45) is 8.14. The lowest BCUT2D eigenvalue weighted by molar-refractivity contribution is -0.117. The molecule has 33 heavy (non-hydrogen) atoms. The molecule has 1 aliphatic rings. The third-order valence-electron chi connectivity index (χ3n) is 5.56. The Labute approximate surface area is 194 Å². The van der Waals surface area contributed by atoms with E-state index >= 15 is 0 Å². The van der Waals surface area contributed by atoms with Gasteiger partial charge in [-0.2, -0.15) is 0 Å². The fourth-order valence-electron chi connectivity index (χ4n) is 3.51. The zero-order valence-corrected chi connectivity index (χ0v) is 19.6. The maximum absolute atomic E-state index is 12.1. The quantitative estimate of drug-likeness (QED) is 0.560. The summed E-state index contributed by atoms with van der Waals surface area (Å²) in [5, 5.41) is 4.73. The molecule has 0 aromatic carbocycles. The normalized spacial score (nSPS) is 14.0. The Bertz CT molecular complexity index is 1210. The highest BCUT2D eigenvalue weighted by atomic mass is 16.5. The van der Waals surface area contributed by atoms with E-state index in [-0.39, 0.29) is 17.9 Å². The molecule has 0 radical (unpaired) electrons. The third-order valence-corrected chi connectivity index (χ3v) is 5.56. The van der Waals surface area contributed by atoms with Crippen LogP contribution in [0.1, 0.15) is 43.1 Å². The molecule has 0 aliphatic heterocycles. The van der Waals surface area contributed by atoms with Gasteiger partial charge in [0.2, 0.25) is 5.91 Å². The summed E-state index contributed by atoms with van der Waals surface area (Å²) in [5.41, 5.74) is 2.28. The van der Waals surface area contributed by atoms with Gasteiger partial charge in [-0.3, -0.25) is 9.78 Å². The molecular formula is C26H29N5O2. The number of carbonyl (C=O) groups is 1. The van der Waals surface area contributed by atoms with Gasteiger partial charge >= 0.3 is 0 Å². The SMILES string of the molecule is CCC(CN(C)C)Oc1ccc(C#Cc2cnc(C)c3cnc(NC(=O)C4CC4)cc23)nc1. The summed E-state index contributed by atoms with van der Waals surface area (Å²) in [4.78, 5) is 27.5. The Morgan fingerprint density at radius 3 is 2.64 bits per heavy atom. The molecule has 1 atom stereocenters. The fourth-order valence-corrected chi connectivity index (χ4v) is 3.51. The zero-order valence-electron chi connectivity index (χ0n) is 19.6. The van der Waals surface area contributed by atoms with Crippen LogP contribution < -0.4 is 10.1 Å². The number of likely N-dealkylation sites (N-methyl/N-ethyl adjacent to an activating group) is 1. The smallest absolute Gasteiger partial charge is 0.228 e. The van der Waals surface area contributed by atoms with E-state index in [1.807, 2.05) is 39.2 Å². The lowest BCUT2D eigenvalue weighted by Crippen LogP contribution is -2.30. The highest BCUT2D eigenvalue weighted by Gasteiger charge is 2.29. The van der Waals surface area contributed by atoms with Crippen molar-refractivity contribution in [1.29, 1.82) is 0 Å². The highest BCUT2D eigenvalue weighted by Crippen LogP contribution is 2.30. The second-order valence-corrected chi connectivity index (χ2v) is 8.68. The molecule has 3 aromatic heterocycles. The van der Waals surface area contributed by atoms with Gasteiger partial charge < -0.3 is 15.0 Å². The second-order valence-electron chi connectivity index (χ2n) is 8.68. The number of aryl methyl sites for hydroxylation is 1. The Balaban J connectivity index is 1.54. The zero-order chi connectivity index (χ0) is 23.4. The molecule has 7 heteroatoms. The average molecular weight is 444 g/mol. The van der Waals surface area contributed by atoms with Crippen LogP contribution in [0.3, 0.4) is 0 Å². The number of rotatable bonds is 7. The largest absolute Gasteiger partial charge is 0.487 e. The molecule has 1 fully saturated rings. The molecule has 1 aliphatic carbocycles. The van der Waals surface area contributed by atoms with Crippen LogP contribution in [0.2, 0.25) is 0 Å². The molecule has 4 rings (SSSR count). The van der Waals surface area contributed by atoms with Crippen molar-refractivity contribution in [3.8, 4) is 17.6 Å². The number of nitrogens with one attached hydrogen (secondary N) is 1. The van der Waals surface area contributed by atoms with E-state index < -0.39 is 0 Å². The molecule has 3 aromatic rings. The average Bonchev–Trinajstić information content (AvgIpc) is 3.64. The van der Waals surface area contributed by atoms with E-state index in [2.05, 4.69) is 43.9 Å². The van der Waals surface area contributed by atoms with Gasteiger partial charge in [0.25, 0.3) is 0 Å². The Kier molecular flexibility index (Phi) is 6.85. The molecule has 0 saturated heterocycles. The van der Waals surface area contributed by atoms with Gasteiger partial charge in [0.1, 0.15) is 23.4 Å². The minimum atomic E-state index is 0.0302. The molecule has 1 unspecified atom stereocenters. The van der Waals surface area contributed by atoms with Gasteiger partial charge in [-0.05, 0) is 64.4 Å².